The summed E-state index contributed by atoms with van der Waals surface area (Å²) in [5, 5.41) is 0. The number of H-pyrrole nitrogens is 1. The quantitative estimate of drug-likeness (QED) is 0.688. The predicted molar refractivity (Wildman–Crippen MR) is 117 cm³/mol. The molecule has 0 radical (unpaired) electrons. The van der Waals surface area contributed by atoms with Crippen LogP contribution in [0, 0.1) is 19.8 Å². The lowest BCUT2D eigenvalue weighted by atomic mass is 9.95. The molecular formula is C23H40N4O2. The molecule has 6 nitrogen and oxygen atoms in total. The molecule has 2 saturated heterocycles. The van der Waals surface area contributed by atoms with Crippen LogP contribution < -0.4 is 0 Å². The third-order valence-electron chi connectivity index (χ3n) is 6.78. The molecule has 1 aromatic rings. The molecule has 164 valence electrons. The Bertz CT molecular complexity index is 651. The third-order valence-corrected chi connectivity index (χ3v) is 6.78. The number of carbonyl (C=O) groups excluding carboxylic acids is 1. The molecule has 2 fully saturated rings. The Labute approximate surface area is 176 Å². The van der Waals surface area contributed by atoms with Crippen molar-refractivity contribution >= 4 is 5.91 Å². The first-order chi connectivity index (χ1) is 14.0. The number of nitrogens with one attached hydrogen (secondary N) is 1. The molecule has 0 aliphatic carbocycles. The number of ether oxygens (including phenoxy) is 1. The van der Waals surface area contributed by atoms with Crippen molar-refractivity contribution in [3.63, 3.8) is 0 Å². The van der Waals surface area contributed by atoms with Crippen LogP contribution in [-0.4, -0.2) is 91.2 Å². The van der Waals surface area contributed by atoms with Gasteiger partial charge in [-0.25, -0.2) is 0 Å². The molecule has 3 rings (SSSR count). The number of aromatic nitrogens is 1. The van der Waals surface area contributed by atoms with Crippen LogP contribution in [0.3, 0.4) is 0 Å². The standard InChI is InChI=1S/C23H40N4O2/c1-5-26-10-6-7-21(26)17-27(23(28)22-18(2)15-19(3)24-22)16-20-8-11-25(12-9-20)13-14-29-4/h15,20-21,24H,5-14,16-17H2,1-4H3. The van der Waals surface area contributed by atoms with Crippen LogP contribution in [0.15, 0.2) is 6.07 Å². The van der Waals surface area contributed by atoms with E-state index in [1.807, 2.05) is 13.8 Å². The summed E-state index contributed by atoms with van der Waals surface area (Å²) >= 11 is 0. The Balaban J connectivity index is 1.66. The minimum Gasteiger partial charge on any atom is -0.383 e. The topological polar surface area (TPSA) is 51.8 Å². The molecular weight excluding hydrogens is 364 g/mol. The van der Waals surface area contributed by atoms with Crippen LogP contribution in [0.5, 0.6) is 0 Å². The molecule has 1 aromatic heterocycles. The highest BCUT2D eigenvalue weighted by Gasteiger charge is 2.31. The number of aryl methyl sites for hydroxylation is 2. The highest BCUT2D eigenvalue weighted by molar-refractivity contribution is 5.94. The van der Waals surface area contributed by atoms with E-state index in [-0.39, 0.29) is 5.91 Å². The molecule has 1 N–H and O–H groups in total. The number of rotatable bonds is 9. The van der Waals surface area contributed by atoms with Crippen LogP contribution >= 0.6 is 0 Å². The second-order valence-corrected chi connectivity index (χ2v) is 8.92. The summed E-state index contributed by atoms with van der Waals surface area (Å²) in [7, 11) is 1.77. The van der Waals surface area contributed by atoms with Gasteiger partial charge in [-0.3, -0.25) is 9.69 Å². The van der Waals surface area contributed by atoms with E-state index >= 15 is 0 Å². The van der Waals surface area contributed by atoms with Gasteiger partial charge in [-0.2, -0.15) is 0 Å². The summed E-state index contributed by atoms with van der Waals surface area (Å²) in [6, 6.07) is 2.58. The number of likely N-dealkylation sites (N-methyl/N-ethyl adjacent to an activating group) is 1. The molecule has 3 heterocycles. The largest absolute Gasteiger partial charge is 0.383 e. The second kappa shape index (κ2) is 10.6. The third kappa shape index (κ3) is 5.83. The highest BCUT2D eigenvalue weighted by Crippen LogP contribution is 2.23. The summed E-state index contributed by atoms with van der Waals surface area (Å²) in [6.45, 7) is 14.3. The molecule has 2 aliphatic heterocycles. The fourth-order valence-electron chi connectivity index (χ4n) is 5.05. The zero-order valence-electron chi connectivity index (χ0n) is 18.9. The number of hydrogen-bond acceptors (Lipinski definition) is 4. The molecule has 29 heavy (non-hydrogen) atoms. The molecule has 6 heteroatoms. The smallest absolute Gasteiger partial charge is 0.270 e. The van der Waals surface area contributed by atoms with Crippen molar-refractivity contribution in [3.05, 3.63) is 23.0 Å². The van der Waals surface area contributed by atoms with Crippen molar-refractivity contribution in [1.29, 1.82) is 0 Å². The minimum absolute atomic E-state index is 0.181. The number of piperidine rings is 1. The van der Waals surface area contributed by atoms with Gasteiger partial charge in [0.2, 0.25) is 0 Å². The first kappa shape index (κ1) is 22.3. The van der Waals surface area contributed by atoms with Crippen LogP contribution in [0.2, 0.25) is 0 Å². The molecule has 0 aromatic carbocycles. The van der Waals surface area contributed by atoms with Crippen molar-refractivity contribution in [2.75, 3.05) is 59.5 Å². The first-order valence-corrected chi connectivity index (χ1v) is 11.4. The van der Waals surface area contributed by atoms with Crippen molar-refractivity contribution in [3.8, 4) is 0 Å². The SMILES string of the molecule is CCN1CCCC1CN(CC1CCN(CCOC)CC1)C(=O)c1[nH]c(C)cc1C. The average Bonchev–Trinajstić information content (AvgIpc) is 3.31. The lowest BCUT2D eigenvalue weighted by Crippen LogP contribution is -2.47. The Kier molecular flexibility index (Phi) is 8.16. The predicted octanol–water partition coefficient (Wildman–Crippen LogP) is 2.92. The van der Waals surface area contributed by atoms with Crippen LogP contribution in [0.4, 0.5) is 0 Å². The Hall–Kier alpha value is -1.37. The van der Waals surface area contributed by atoms with Gasteiger partial charge in [0.05, 0.1) is 6.61 Å². The van der Waals surface area contributed by atoms with Crippen LogP contribution in [0.25, 0.3) is 0 Å². The van der Waals surface area contributed by atoms with E-state index in [9.17, 15) is 4.79 Å². The van der Waals surface area contributed by atoms with Crippen molar-refractivity contribution in [1.82, 2.24) is 19.7 Å². The highest BCUT2D eigenvalue weighted by atomic mass is 16.5. The first-order valence-electron chi connectivity index (χ1n) is 11.4. The number of hydrogen-bond donors (Lipinski definition) is 1. The molecule has 1 atom stereocenters. The van der Waals surface area contributed by atoms with Gasteiger partial charge in [0, 0.05) is 38.5 Å². The van der Waals surface area contributed by atoms with Gasteiger partial charge in [0.1, 0.15) is 5.69 Å². The zero-order chi connectivity index (χ0) is 20.8. The Morgan fingerprint density at radius 1 is 1.21 bits per heavy atom. The maximum absolute atomic E-state index is 13.5. The molecule has 0 bridgehead atoms. The van der Waals surface area contributed by atoms with Crippen LogP contribution in [0.1, 0.15) is 54.4 Å². The molecule has 2 aliphatic rings. The number of amides is 1. The second-order valence-electron chi connectivity index (χ2n) is 8.92. The summed E-state index contributed by atoms with van der Waals surface area (Å²) in [4.78, 5) is 24.0. The molecule has 0 spiro atoms. The Morgan fingerprint density at radius 2 is 1.97 bits per heavy atom. The number of aromatic amines is 1. The van der Waals surface area contributed by atoms with Crippen molar-refractivity contribution in [2.45, 2.75) is 52.5 Å². The minimum atomic E-state index is 0.181. The fraction of sp³-hybridized carbons (Fsp3) is 0.783. The van der Waals surface area contributed by atoms with E-state index in [0.29, 0.717) is 12.0 Å². The lowest BCUT2D eigenvalue weighted by molar-refractivity contribution is 0.0611. The van der Waals surface area contributed by atoms with Crippen molar-refractivity contribution < 1.29 is 9.53 Å². The summed E-state index contributed by atoms with van der Waals surface area (Å²) < 4.78 is 5.22. The van der Waals surface area contributed by atoms with Gasteiger partial charge in [0.25, 0.3) is 5.91 Å². The van der Waals surface area contributed by atoms with Gasteiger partial charge in [0.15, 0.2) is 0 Å². The summed E-state index contributed by atoms with van der Waals surface area (Å²) in [5.41, 5.74) is 2.90. The number of nitrogens with zero attached hydrogens (tertiary/aromatic N) is 3. The normalized spacial score (nSPS) is 21.7. The molecule has 1 unspecified atom stereocenters. The van der Waals surface area contributed by atoms with E-state index in [4.69, 9.17) is 4.74 Å². The average molecular weight is 405 g/mol. The van der Waals surface area contributed by atoms with E-state index in [2.05, 4.69) is 32.7 Å². The van der Waals surface area contributed by atoms with Gasteiger partial charge in [-0.05, 0) is 83.3 Å². The van der Waals surface area contributed by atoms with E-state index in [1.54, 1.807) is 7.11 Å². The lowest BCUT2D eigenvalue weighted by Gasteiger charge is -2.36. The van der Waals surface area contributed by atoms with Gasteiger partial charge >= 0.3 is 0 Å². The number of methoxy groups -OCH3 is 1. The zero-order valence-corrected chi connectivity index (χ0v) is 18.9. The summed E-state index contributed by atoms with van der Waals surface area (Å²) in [6.07, 6.45) is 4.78. The summed E-state index contributed by atoms with van der Waals surface area (Å²) in [5.74, 6) is 0.769. The molecule has 0 saturated carbocycles. The number of carbonyl (C=O) groups is 1. The Morgan fingerprint density at radius 3 is 2.59 bits per heavy atom. The van der Waals surface area contributed by atoms with E-state index in [1.165, 1.54) is 32.2 Å². The maximum Gasteiger partial charge on any atom is 0.270 e. The van der Waals surface area contributed by atoms with Crippen LogP contribution in [-0.2, 0) is 4.74 Å². The van der Waals surface area contributed by atoms with Crippen molar-refractivity contribution in [2.24, 2.45) is 5.92 Å². The molecule has 1 amide bonds. The van der Waals surface area contributed by atoms with E-state index < -0.39 is 0 Å². The van der Waals surface area contributed by atoms with Gasteiger partial charge in [-0.1, -0.05) is 6.92 Å². The number of likely N-dealkylation sites (tertiary alicyclic amines) is 2. The van der Waals surface area contributed by atoms with Gasteiger partial charge in [-0.15, -0.1) is 0 Å². The maximum atomic E-state index is 13.5. The monoisotopic (exact) mass is 404 g/mol. The van der Waals surface area contributed by atoms with E-state index in [0.717, 1.165) is 62.8 Å². The van der Waals surface area contributed by atoms with Gasteiger partial charge < -0.3 is 19.5 Å². The fourth-order valence-corrected chi connectivity index (χ4v) is 5.05.